The lowest BCUT2D eigenvalue weighted by Gasteiger charge is -2.38. The number of rotatable bonds is 1. The molecular formula is C12H14N4O2. The van der Waals surface area contributed by atoms with E-state index in [4.69, 9.17) is 14.7 Å². The number of nitrogens with zero attached hydrogens (tertiary/aromatic N) is 4. The highest BCUT2D eigenvalue weighted by Crippen LogP contribution is 2.32. The van der Waals surface area contributed by atoms with Crippen LogP contribution in [-0.2, 0) is 9.47 Å². The van der Waals surface area contributed by atoms with E-state index in [1.807, 2.05) is 0 Å². The van der Waals surface area contributed by atoms with Gasteiger partial charge in [-0.05, 0) is 0 Å². The van der Waals surface area contributed by atoms with Gasteiger partial charge in [0.1, 0.15) is 6.07 Å². The summed E-state index contributed by atoms with van der Waals surface area (Å²) in [4.78, 5) is 10.4. The molecule has 2 saturated heterocycles. The van der Waals surface area contributed by atoms with Crippen molar-refractivity contribution in [1.29, 1.82) is 5.26 Å². The fourth-order valence-electron chi connectivity index (χ4n) is 2.49. The predicted molar refractivity (Wildman–Crippen MR) is 62.8 cm³/mol. The van der Waals surface area contributed by atoms with E-state index in [2.05, 4.69) is 20.9 Å². The summed E-state index contributed by atoms with van der Waals surface area (Å²) in [5.41, 5.74) is 0.377. The molecule has 0 radical (unpaired) electrons. The topological polar surface area (TPSA) is 71.3 Å². The lowest BCUT2D eigenvalue weighted by molar-refractivity contribution is -0.169. The highest BCUT2D eigenvalue weighted by Gasteiger charge is 2.40. The molecule has 2 aliphatic rings. The van der Waals surface area contributed by atoms with Crippen LogP contribution in [0.15, 0.2) is 12.4 Å². The number of anilines is 1. The fraction of sp³-hybridized carbons (Fsp3) is 0.583. The maximum absolute atomic E-state index is 9.03. The zero-order chi connectivity index (χ0) is 12.4. The highest BCUT2D eigenvalue weighted by atomic mass is 16.7. The zero-order valence-corrected chi connectivity index (χ0v) is 10.0. The van der Waals surface area contributed by atoms with Crippen LogP contribution in [0, 0.1) is 11.3 Å². The molecule has 0 aromatic carbocycles. The van der Waals surface area contributed by atoms with Crippen molar-refractivity contribution in [2.45, 2.75) is 18.6 Å². The summed E-state index contributed by atoms with van der Waals surface area (Å²) in [5.74, 6) is 0.263. The van der Waals surface area contributed by atoms with Crippen LogP contribution in [0.2, 0.25) is 0 Å². The van der Waals surface area contributed by atoms with Crippen molar-refractivity contribution in [3.8, 4) is 6.07 Å². The molecule has 0 amide bonds. The van der Waals surface area contributed by atoms with Gasteiger partial charge in [0, 0.05) is 38.3 Å². The molecule has 3 heterocycles. The number of hydrogen-bond donors (Lipinski definition) is 0. The van der Waals surface area contributed by atoms with Gasteiger partial charge in [-0.15, -0.1) is 0 Å². The summed E-state index contributed by atoms with van der Waals surface area (Å²) in [6, 6.07) is 2.08. The number of hydrogen-bond acceptors (Lipinski definition) is 6. The molecule has 3 rings (SSSR count). The van der Waals surface area contributed by atoms with Crippen LogP contribution in [0.1, 0.15) is 18.5 Å². The molecule has 0 bridgehead atoms. The number of ether oxygens (including phenoxy) is 2. The van der Waals surface area contributed by atoms with Gasteiger partial charge >= 0.3 is 0 Å². The van der Waals surface area contributed by atoms with Crippen LogP contribution in [0.5, 0.6) is 0 Å². The Labute approximate surface area is 105 Å². The standard InChI is InChI=1S/C12H14N4O2/c13-9-10-11(15-4-3-14-10)16-5-1-12(2-6-16)17-7-8-18-12/h3-4H,1-2,5-8H2. The maximum atomic E-state index is 9.03. The first-order chi connectivity index (χ1) is 8.83. The summed E-state index contributed by atoms with van der Waals surface area (Å²) >= 11 is 0. The van der Waals surface area contributed by atoms with Gasteiger partial charge in [0.25, 0.3) is 0 Å². The Kier molecular flexibility index (Phi) is 2.86. The monoisotopic (exact) mass is 246 g/mol. The summed E-state index contributed by atoms with van der Waals surface area (Å²) < 4.78 is 11.3. The van der Waals surface area contributed by atoms with Crippen LogP contribution in [-0.4, -0.2) is 42.1 Å². The van der Waals surface area contributed by atoms with Crippen LogP contribution in [0.3, 0.4) is 0 Å². The molecule has 6 nitrogen and oxygen atoms in total. The van der Waals surface area contributed by atoms with E-state index in [1.165, 1.54) is 6.20 Å². The Morgan fingerprint density at radius 3 is 2.50 bits per heavy atom. The van der Waals surface area contributed by atoms with Crippen molar-refractivity contribution in [3.05, 3.63) is 18.1 Å². The number of aromatic nitrogens is 2. The fourth-order valence-corrected chi connectivity index (χ4v) is 2.49. The molecule has 0 unspecified atom stereocenters. The quantitative estimate of drug-likeness (QED) is 0.726. The number of nitriles is 1. The van der Waals surface area contributed by atoms with Gasteiger partial charge in [0.15, 0.2) is 17.3 Å². The lowest BCUT2D eigenvalue weighted by atomic mass is 10.0. The summed E-state index contributed by atoms with van der Waals surface area (Å²) in [5, 5.41) is 9.03. The van der Waals surface area contributed by atoms with Crippen LogP contribution < -0.4 is 4.90 Å². The van der Waals surface area contributed by atoms with E-state index in [-0.39, 0.29) is 0 Å². The summed E-state index contributed by atoms with van der Waals surface area (Å²) in [6.45, 7) is 2.89. The molecule has 0 aliphatic carbocycles. The maximum Gasteiger partial charge on any atom is 0.183 e. The molecule has 6 heteroatoms. The largest absolute Gasteiger partial charge is 0.354 e. The van der Waals surface area contributed by atoms with Crippen molar-refractivity contribution in [2.24, 2.45) is 0 Å². The van der Waals surface area contributed by atoms with Crippen LogP contribution >= 0.6 is 0 Å². The zero-order valence-electron chi connectivity index (χ0n) is 10.0. The van der Waals surface area contributed by atoms with Gasteiger partial charge in [0.05, 0.1) is 13.2 Å². The average molecular weight is 246 g/mol. The molecule has 1 spiro atoms. The van der Waals surface area contributed by atoms with E-state index < -0.39 is 5.79 Å². The molecule has 0 atom stereocenters. The van der Waals surface area contributed by atoms with Crippen molar-refractivity contribution in [3.63, 3.8) is 0 Å². The second-order valence-corrected chi connectivity index (χ2v) is 4.44. The minimum atomic E-state index is -0.397. The van der Waals surface area contributed by atoms with Gasteiger partial charge in [-0.1, -0.05) is 0 Å². The van der Waals surface area contributed by atoms with Gasteiger partial charge in [-0.3, -0.25) is 0 Å². The summed E-state index contributed by atoms with van der Waals surface area (Å²) in [6.07, 6.45) is 4.75. The Morgan fingerprint density at radius 1 is 1.17 bits per heavy atom. The molecular weight excluding hydrogens is 232 g/mol. The molecule has 1 aromatic heterocycles. The van der Waals surface area contributed by atoms with Crippen molar-refractivity contribution in [2.75, 3.05) is 31.2 Å². The third-order valence-corrected chi connectivity index (χ3v) is 3.42. The minimum Gasteiger partial charge on any atom is -0.354 e. The smallest absolute Gasteiger partial charge is 0.183 e. The third kappa shape index (κ3) is 1.92. The highest BCUT2D eigenvalue weighted by molar-refractivity contribution is 5.49. The first kappa shape index (κ1) is 11.4. The molecule has 2 aliphatic heterocycles. The van der Waals surface area contributed by atoms with Gasteiger partial charge < -0.3 is 14.4 Å². The van der Waals surface area contributed by atoms with E-state index in [0.717, 1.165) is 25.9 Å². The Morgan fingerprint density at radius 2 is 1.83 bits per heavy atom. The molecule has 94 valence electrons. The van der Waals surface area contributed by atoms with Gasteiger partial charge in [-0.25, -0.2) is 9.97 Å². The third-order valence-electron chi connectivity index (χ3n) is 3.42. The van der Waals surface area contributed by atoms with Crippen molar-refractivity contribution in [1.82, 2.24) is 9.97 Å². The van der Waals surface area contributed by atoms with Crippen molar-refractivity contribution < 1.29 is 9.47 Å². The van der Waals surface area contributed by atoms with Gasteiger partial charge in [0.2, 0.25) is 0 Å². The Hall–Kier alpha value is -1.71. The van der Waals surface area contributed by atoms with Crippen LogP contribution in [0.4, 0.5) is 5.82 Å². The molecule has 0 N–H and O–H groups in total. The second kappa shape index (κ2) is 4.52. The molecule has 2 fully saturated rings. The van der Waals surface area contributed by atoms with Crippen molar-refractivity contribution >= 4 is 5.82 Å². The van der Waals surface area contributed by atoms with E-state index in [1.54, 1.807) is 6.20 Å². The first-order valence-corrected chi connectivity index (χ1v) is 6.07. The first-order valence-electron chi connectivity index (χ1n) is 6.07. The minimum absolute atomic E-state index is 0.377. The van der Waals surface area contributed by atoms with Gasteiger partial charge in [-0.2, -0.15) is 5.26 Å². The number of piperidine rings is 1. The van der Waals surface area contributed by atoms with E-state index >= 15 is 0 Å². The SMILES string of the molecule is N#Cc1nccnc1N1CCC2(CC1)OCCO2. The molecule has 0 saturated carbocycles. The van der Waals surface area contributed by atoms with E-state index in [0.29, 0.717) is 24.7 Å². The van der Waals surface area contributed by atoms with E-state index in [9.17, 15) is 0 Å². The predicted octanol–water partition coefficient (Wildman–Crippen LogP) is 0.692. The normalized spacial score (nSPS) is 22.1. The lowest BCUT2D eigenvalue weighted by Crippen LogP contribution is -2.45. The Bertz CT molecular complexity index is 469. The molecule has 1 aromatic rings. The molecule has 18 heavy (non-hydrogen) atoms. The average Bonchev–Trinajstić information content (AvgIpc) is 2.88. The second-order valence-electron chi connectivity index (χ2n) is 4.44. The summed E-state index contributed by atoms with van der Waals surface area (Å²) in [7, 11) is 0. The van der Waals surface area contributed by atoms with Crippen LogP contribution in [0.25, 0.3) is 0 Å². The Balaban J connectivity index is 1.74.